The third-order valence-electron chi connectivity index (χ3n) is 3.28. The molecule has 1 heterocycles. The van der Waals surface area contributed by atoms with Crippen molar-refractivity contribution in [1.82, 2.24) is 5.32 Å². The Bertz CT molecular complexity index is 593. The topological polar surface area (TPSA) is 68.3 Å². The monoisotopic (exact) mass is 296 g/mol. The number of nitrogens with two attached hydrogens (primary N) is 1. The van der Waals surface area contributed by atoms with Crippen LogP contribution in [0.4, 0.5) is 0 Å². The molecule has 20 heavy (non-hydrogen) atoms. The van der Waals surface area contributed by atoms with Crippen molar-refractivity contribution in [2.24, 2.45) is 5.73 Å². The number of carbonyl (C=O) groups excluding carboxylic acids is 1. The molecule has 0 fully saturated rings. The maximum Gasteiger partial charge on any atom is 0.287 e. The lowest BCUT2D eigenvalue weighted by atomic mass is 10.1. The van der Waals surface area contributed by atoms with Crippen molar-refractivity contribution in [1.29, 1.82) is 0 Å². The first-order chi connectivity index (χ1) is 9.15. The molecule has 1 aromatic carbocycles. The molecule has 0 aliphatic rings. The van der Waals surface area contributed by atoms with Crippen molar-refractivity contribution in [2.45, 2.75) is 26.7 Å². The Morgan fingerprint density at radius 1 is 1.30 bits per heavy atom. The molecular formula is C15H21ClN2O2. The van der Waals surface area contributed by atoms with Gasteiger partial charge in [-0.1, -0.05) is 18.2 Å². The number of rotatable bonds is 5. The first kappa shape index (κ1) is 16.5. The van der Waals surface area contributed by atoms with Gasteiger partial charge in [0.2, 0.25) is 0 Å². The Kier molecular flexibility index (Phi) is 6.05. The highest BCUT2D eigenvalue weighted by molar-refractivity contribution is 5.99. The van der Waals surface area contributed by atoms with Gasteiger partial charge in [-0.05, 0) is 38.8 Å². The van der Waals surface area contributed by atoms with E-state index < -0.39 is 0 Å². The molecule has 0 spiro atoms. The molecule has 1 amide bonds. The van der Waals surface area contributed by atoms with E-state index in [9.17, 15) is 4.79 Å². The van der Waals surface area contributed by atoms with Crippen LogP contribution in [-0.2, 0) is 0 Å². The van der Waals surface area contributed by atoms with Crippen LogP contribution >= 0.6 is 12.4 Å². The fourth-order valence-electron chi connectivity index (χ4n) is 2.15. The van der Waals surface area contributed by atoms with Gasteiger partial charge in [0, 0.05) is 17.5 Å². The summed E-state index contributed by atoms with van der Waals surface area (Å²) in [6.45, 7) is 5.18. The number of hydrogen-bond donors (Lipinski definition) is 2. The van der Waals surface area contributed by atoms with Crippen molar-refractivity contribution >= 4 is 29.3 Å². The number of benzene rings is 1. The van der Waals surface area contributed by atoms with E-state index in [0.29, 0.717) is 18.8 Å². The van der Waals surface area contributed by atoms with Crippen molar-refractivity contribution in [3.8, 4) is 0 Å². The van der Waals surface area contributed by atoms with Gasteiger partial charge in [-0.25, -0.2) is 0 Å². The van der Waals surface area contributed by atoms with Crippen molar-refractivity contribution in [3.63, 3.8) is 0 Å². The van der Waals surface area contributed by atoms with E-state index >= 15 is 0 Å². The summed E-state index contributed by atoms with van der Waals surface area (Å²) >= 11 is 0. The molecule has 0 unspecified atom stereocenters. The molecule has 0 atom stereocenters. The van der Waals surface area contributed by atoms with Crippen molar-refractivity contribution in [3.05, 3.63) is 35.1 Å². The van der Waals surface area contributed by atoms with Gasteiger partial charge in [-0.2, -0.15) is 0 Å². The normalized spacial score (nSPS) is 10.3. The maximum absolute atomic E-state index is 12.1. The standard InChI is InChI=1S/C15H20N2O2.ClH/c1-10-6-5-7-12-11(2)14(19-13(10)12)15(18)17-9-4-3-8-16;/h5-7H,3-4,8-9,16H2,1-2H3,(H,17,18);1H. The van der Waals surface area contributed by atoms with Crippen LogP contribution < -0.4 is 11.1 Å². The number of fused-ring (bicyclic) bond motifs is 1. The van der Waals surface area contributed by atoms with Gasteiger partial charge in [-0.3, -0.25) is 4.79 Å². The third-order valence-corrected chi connectivity index (χ3v) is 3.28. The highest BCUT2D eigenvalue weighted by Gasteiger charge is 2.17. The number of carbonyl (C=O) groups is 1. The molecule has 0 saturated carbocycles. The first-order valence-electron chi connectivity index (χ1n) is 6.62. The predicted molar refractivity (Wildman–Crippen MR) is 83.6 cm³/mol. The third kappa shape index (κ3) is 3.32. The first-order valence-corrected chi connectivity index (χ1v) is 6.62. The number of para-hydroxylation sites is 1. The van der Waals surface area contributed by atoms with Gasteiger partial charge in [0.1, 0.15) is 5.58 Å². The van der Waals surface area contributed by atoms with Crippen molar-refractivity contribution in [2.75, 3.05) is 13.1 Å². The maximum atomic E-state index is 12.1. The summed E-state index contributed by atoms with van der Waals surface area (Å²) in [5.74, 6) is 0.266. The molecule has 110 valence electrons. The van der Waals surface area contributed by atoms with Gasteiger partial charge in [0.05, 0.1) is 0 Å². The lowest BCUT2D eigenvalue weighted by Crippen LogP contribution is -2.25. The van der Waals surface area contributed by atoms with Gasteiger partial charge in [0.25, 0.3) is 5.91 Å². The SMILES string of the molecule is Cc1c(C(=O)NCCCCN)oc2c(C)cccc12.Cl. The van der Waals surface area contributed by atoms with E-state index in [1.165, 1.54) is 0 Å². The van der Waals surface area contributed by atoms with Crippen molar-refractivity contribution < 1.29 is 9.21 Å². The minimum absolute atomic E-state index is 0. The van der Waals surface area contributed by atoms with E-state index in [1.807, 2.05) is 32.0 Å². The van der Waals surface area contributed by atoms with E-state index in [-0.39, 0.29) is 18.3 Å². The second kappa shape index (κ2) is 7.31. The van der Waals surface area contributed by atoms with Gasteiger partial charge < -0.3 is 15.5 Å². The molecule has 0 radical (unpaired) electrons. The number of furan rings is 1. The highest BCUT2D eigenvalue weighted by atomic mass is 35.5. The predicted octanol–water partition coefficient (Wildman–Crippen LogP) is 2.94. The second-order valence-electron chi connectivity index (χ2n) is 4.76. The molecule has 2 rings (SSSR count). The number of nitrogens with one attached hydrogen (secondary N) is 1. The summed E-state index contributed by atoms with van der Waals surface area (Å²) in [7, 11) is 0. The van der Waals surface area contributed by atoms with Crippen LogP contribution in [0.3, 0.4) is 0 Å². The Labute approximate surface area is 125 Å². The van der Waals surface area contributed by atoms with Gasteiger partial charge in [-0.15, -0.1) is 12.4 Å². The quantitative estimate of drug-likeness (QED) is 0.834. The van der Waals surface area contributed by atoms with Crippen LogP contribution in [0.5, 0.6) is 0 Å². The fourth-order valence-corrected chi connectivity index (χ4v) is 2.15. The Morgan fingerprint density at radius 2 is 2.05 bits per heavy atom. The summed E-state index contributed by atoms with van der Waals surface area (Å²) in [6, 6.07) is 5.93. The highest BCUT2D eigenvalue weighted by Crippen LogP contribution is 2.27. The van der Waals surface area contributed by atoms with Crippen LogP contribution in [0.2, 0.25) is 0 Å². The summed E-state index contributed by atoms with van der Waals surface area (Å²) < 4.78 is 5.71. The Balaban J connectivity index is 0.00000200. The minimum Gasteiger partial charge on any atom is -0.450 e. The molecule has 0 aliphatic carbocycles. The molecular weight excluding hydrogens is 276 g/mol. The zero-order valence-corrected chi connectivity index (χ0v) is 12.7. The van der Waals surface area contributed by atoms with E-state index in [2.05, 4.69) is 5.32 Å². The second-order valence-corrected chi connectivity index (χ2v) is 4.76. The largest absolute Gasteiger partial charge is 0.450 e. The number of aryl methyl sites for hydroxylation is 2. The van der Waals surface area contributed by atoms with Crippen LogP contribution in [0.25, 0.3) is 11.0 Å². The number of hydrogen-bond acceptors (Lipinski definition) is 3. The zero-order chi connectivity index (χ0) is 13.8. The summed E-state index contributed by atoms with van der Waals surface area (Å²) in [4.78, 5) is 12.1. The summed E-state index contributed by atoms with van der Waals surface area (Å²) in [5, 5.41) is 3.87. The number of unbranched alkanes of at least 4 members (excludes halogenated alkanes) is 1. The van der Waals surface area contributed by atoms with Gasteiger partial charge >= 0.3 is 0 Å². The van der Waals surface area contributed by atoms with Crippen LogP contribution in [0, 0.1) is 13.8 Å². The summed E-state index contributed by atoms with van der Waals surface area (Å²) in [5.41, 5.74) is 8.16. The number of halogens is 1. The number of amides is 1. The zero-order valence-electron chi connectivity index (χ0n) is 11.9. The molecule has 0 bridgehead atoms. The van der Waals surface area contributed by atoms with E-state index in [1.54, 1.807) is 0 Å². The molecule has 3 N–H and O–H groups in total. The fraction of sp³-hybridized carbons (Fsp3) is 0.400. The lowest BCUT2D eigenvalue weighted by Gasteiger charge is -2.02. The van der Waals surface area contributed by atoms with E-state index in [0.717, 1.165) is 34.9 Å². The van der Waals surface area contributed by atoms with Gasteiger partial charge in [0.15, 0.2) is 5.76 Å². The minimum atomic E-state index is -0.148. The summed E-state index contributed by atoms with van der Waals surface area (Å²) in [6.07, 6.45) is 1.80. The van der Waals surface area contributed by atoms with Crippen LogP contribution in [0.1, 0.15) is 34.5 Å². The molecule has 2 aromatic rings. The Morgan fingerprint density at radius 3 is 2.70 bits per heavy atom. The molecule has 4 nitrogen and oxygen atoms in total. The molecule has 1 aromatic heterocycles. The van der Waals surface area contributed by atoms with E-state index in [4.69, 9.17) is 10.2 Å². The van der Waals surface area contributed by atoms with Crippen LogP contribution in [-0.4, -0.2) is 19.0 Å². The van der Waals surface area contributed by atoms with Crippen LogP contribution in [0.15, 0.2) is 22.6 Å². The Hall–Kier alpha value is -1.52. The average Bonchev–Trinajstić information content (AvgIpc) is 2.74. The molecule has 0 aliphatic heterocycles. The molecule has 0 saturated heterocycles. The molecule has 5 heteroatoms. The lowest BCUT2D eigenvalue weighted by molar-refractivity contribution is 0.0926. The smallest absolute Gasteiger partial charge is 0.287 e. The average molecular weight is 297 g/mol.